The van der Waals surface area contributed by atoms with E-state index in [0.29, 0.717) is 5.56 Å². The van der Waals surface area contributed by atoms with Crippen molar-refractivity contribution in [2.45, 2.75) is 38.3 Å². The van der Waals surface area contributed by atoms with Gasteiger partial charge in [0, 0.05) is 40.4 Å². The average Bonchev–Trinajstić information content (AvgIpc) is 2.84. The van der Waals surface area contributed by atoms with Crippen LogP contribution in [0.25, 0.3) is 0 Å². The van der Waals surface area contributed by atoms with Crippen LogP contribution in [0.3, 0.4) is 0 Å². The highest BCUT2D eigenvalue weighted by atomic mass is 79.9. The Morgan fingerprint density at radius 2 is 2.29 bits per heavy atom. The van der Waals surface area contributed by atoms with Gasteiger partial charge in [-0.05, 0) is 44.4 Å². The molecule has 2 unspecified atom stereocenters. The van der Waals surface area contributed by atoms with Crippen molar-refractivity contribution in [1.82, 2.24) is 15.1 Å². The first-order valence-corrected chi connectivity index (χ1v) is 8.07. The van der Waals surface area contributed by atoms with Gasteiger partial charge in [-0.2, -0.15) is 5.10 Å². The summed E-state index contributed by atoms with van der Waals surface area (Å²) in [5, 5.41) is 7.91. The molecule has 0 amide bonds. The Morgan fingerprint density at radius 1 is 1.48 bits per heavy atom. The van der Waals surface area contributed by atoms with Crippen LogP contribution in [0.2, 0.25) is 0 Å². The van der Waals surface area contributed by atoms with Crippen LogP contribution < -0.4 is 5.32 Å². The molecule has 0 saturated heterocycles. The molecule has 0 bridgehead atoms. The van der Waals surface area contributed by atoms with Gasteiger partial charge in [-0.25, -0.2) is 4.39 Å². The number of benzene rings is 1. The van der Waals surface area contributed by atoms with Crippen molar-refractivity contribution in [3.8, 4) is 0 Å². The van der Waals surface area contributed by atoms with Crippen molar-refractivity contribution in [1.29, 1.82) is 0 Å². The molecule has 0 radical (unpaired) electrons. The van der Waals surface area contributed by atoms with Crippen molar-refractivity contribution in [2.75, 3.05) is 0 Å². The summed E-state index contributed by atoms with van der Waals surface area (Å²) in [5.41, 5.74) is 3.24. The highest BCUT2D eigenvalue weighted by Gasteiger charge is 2.25. The molecule has 3 rings (SSSR count). The van der Waals surface area contributed by atoms with E-state index in [4.69, 9.17) is 0 Å². The molecular formula is C16H19BrFN3. The number of nitrogens with one attached hydrogen (secondary N) is 1. The van der Waals surface area contributed by atoms with Crippen molar-refractivity contribution in [3.05, 3.63) is 51.5 Å². The van der Waals surface area contributed by atoms with E-state index in [1.54, 1.807) is 6.07 Å². The first-order chi connectivity index (χ1) is 10.1. The van der Waals surface area contributed by atoms with Crippen LogP contribution in [0, 0.1) is 5.82 Å². The second-order valence-electron chi connectivity index (χ2n) is 5.67. The molecule has 1 aliphatic rings. The van der Waals surface area contributed by atoms with E-state index in [1.807, 2.05) is 30.9 Å². The number of hydrogen-bond acceptors (Lipinski definition) is 2. The SMILES string of the molecule is CC(NC1CCCc2c1cnn2C)c1cc(Br)ccc1F. The van der Waals surface area contributed by atoms with Crippen LogP contribution in [0.1, 0.15) is 48.7 Å². The second kappa shape index (κ2) is 5.89. The number of aryl methyl sites for hydroxylation is 1. The van der Waals surface area contributed by atoms with E-state index in [2.05, 4.69) is 26.3 Å². The number of fused-ring (bicyclic) bond motifs is 1. The monoisotopic (exact) mass is 351 g/mol. The first kappa shape index (κ1) is 14.7. The standard InChI is InChI=1S/C16H19BrFN3/c1-10(12-8-11(17)6-7-14(12)18)20-15-4-3-5-16-13(15)9-19-21(16)2/h6-10,15,20H,3-5H2,1-2H3. The summed E-state index contributed by atoms with van der Waals surface area (Å²) in [6.07, 6.45) is 5.22. The Labute approximate surface area is 132 Å². The van der Waals surface area contributed by atoms with Gasteiger partial charge >= 0.3 is 0 Å². The number of hydrogen-bond donors (Lipinski definition) is 1. The second-order valence-corrected chi connectivity index (χ2v) is 6.58. The van der Waals surface area contributed by atoms with Gasteiger partial charge in [0.2, 0.25) is 0 Å². The Hall–Kier alpha value is -1.20. The van der Waals surface area contributed by atoms with E-state index >= 15 is 0 Å². The largest absolute Gasteiger partial charge is 0.303 e. The molecule has 21 heavy (non-hydrogen) atoms. The fourth-order valence-corrected chi connectivity index (χ4v) is 3.50. The third-order valence-corrected chi connectivity index (χ3v) is 4.74. The van der Waals surface area contributed by atoms with E-state index < -0.39 is 0 Å². The molecule has 1 aliphatic carbocycles. The number of nitrogens with zero attached hydrogens (tertiary/aromatic N) is 2. The molecule has 1 heterocycles. The van der Waals surface area contributed by atoms with Crippen molar-refractivity contribution < 1.29 is 4.39 Å². The number of rotatable bonds is 3. The smallest absolute Gasteiger partial charge is 0.128 e. The van der Waals surface area contributed by atoms with Crippen molar-refractivity contribution >= 4 is 15.9 Å². The molecule has 3 nitrogen and oxygen atoms in total. The highest BCUT2D eigenvalue weighted by Crippen LogP contribution is 2.32. The van der Waals surface area contributed by atoms with E-state index in [1.165, 1.54) is 17.3 Å². The molecule has 1 N–H and O–H groups in total. The minimum atomic E-state index is -0.166. The number of halogens is 2. The zero-order chi connectivity index (χ0) is 15.0. The summed E-state index contributed by atoms with van der Waals surface area (Å²) in [6.45, 7) is 2.01. The van der Waals surface area contributed by atoms with Crippen LogP contribution in [0.4, 0.5) is 4.39 Å². The topological polar surface area (TPSA) is 29.9 Å². The maximum absolute atomic E-state index is 14.0. The van der Waals surface area contributed by atoms with E-state index in [0.717, 1.165) is 23.7 Å². The van der Waals surface area contributed by atoms with E-state index in [9.17, 15) is 4.39 Å². The lowest BCUT2D eigenvalue weighted by atomic mass is 9.92. The van der Waals surface area contributed by atoms with Crippen molar-refractivity contribution in [2.24, 2.45) is 7.05 Å². The van der Waals surface area contributed by atoms with Crippen LogP contribution in [-0.2, 0) is 13.5 Å². The van der Waals surface area contributed by atoms with Gasteiger partial charge in [-0.15, -0.1) is 0 Å². The third-order valence-electron chi connectivity index (χ3n) is 4.25. The molecule has 0 fully saturated rings. The zero-order valence-electron chi connectivity index (χ0n) is 12.2. The molecule has 2 atom stereocenters. The highest BCUT2D eigenvalue weighted by molar-refractivity contribution is 9.10. The van der Waals surface area contributed by atoms with Gasteiger partial charge in [0.15, 0.2) is 0 Å². The fourth-order valence-electron chi connectivity index (χ4n) is 3.12. The molecule has 1 aromatic heterocycles. The maximum atomic E-state index is 14.0. The van der Waals surface area contributed by atoms with E-state index in [-0.39, 0.29) is 17.9 Å². The van der Waals surface area contributed by atoms with Gasteiger partial charge < -0.3 is 5.32 Å². The van der Waals surface area contributed by atoms with Crippen LogP contribution in [-0.4, -0.2) is 9.78 Å². The lowest BCUT2D eigenvalue weighted by Gasteiger charge is -2.27. The summed E-state index contributed by atoms with van der Waals surface area (Å²) >= 11 is 3.41. The minimum Gasteiger partial charge on any atom is -0.303 e. The van der Waals surface area contributed by atoms with Gasteiger partial charge in [-0.1, -0.05) is 15.9 Å². The van der Waals surface area contributed by atoms with Gasteiger partial charge in [0.05, 0.1) is 6.20 Å². The van der Waals surface area contributed by atoms with Gasteiger partial charge in [-0.3, -0.25) is 4.68 Å². The Kier molecular flexibility index (Phi) is 4.13. The normalized spacial score (nSPS) is 19.3. The predicted octanol–water partition coefficient (Wildman–Crippen LogP) is 4.05. The third kappa shape index (κ3) is 2.90. The van der Waals surface area contributed by atoms with Gasteiger partial charge in [0.25, 0.3) is 0 Å². The predicted molar refractivity (Wildman–Crippen MR) is 84.5 cm³/mol. The maximum Gasteiger partial charge on any atom is 0.128 e. The molecule has 0 saturated carbocycles. The average molecular weight is 352 g/mol. The molecular weight excluding hydrogens is 333 g/mol. The molecule has 2 aromatic rings. The summed E-state index contributed by atoms with van der Waals surface area (Å²) in [6, 6.07) is 5.29. The lowest BCUT2D eigenvalue weighted by Crippen LogP contribution is -2.28. The minimum absolute atomic E-state index is 0.0429. The zero-order valence-corrected chi connectivity index (χ0v) is 13.8. The Balaban J connectivity index is 1.82. The molecule has 112 valence electrons. The summed E-state index contributed by atoms with van der Waals surface area (Å²) < 4.78 is 16.9. The van der Waals surface area contributed by atoms with Gasteiger partial charge in [0.1, 0.15) is 5.82 Å². The fraction of sp³-hybridized carbons (Fsp3) is 0.438. The molecule has 5 heteroatoms. The summed E-state index contributed by atoms with van der Waals surface area (Å²) in [4.78, 5) is 0. The van der Waals surface area contributed by atoms with Crippen LogP contribution in [0.5, 0.6) is 0 Å². The Morgan fingerprint density at radius 3 is 3.10 bits per heavy atom. The molecule has 1 aromatic carbocycles. The van der Waals surface area contributed by atoms with Crippen LogP contribution in [0.15, 0.2) is 28.9 Å². The quantitative estimate of drug-likeness (QED) is 0.903. The molecule has 0 spiro atoms. The first-order valence-electron chi connectivity index (χ1n) is 7.28. The number of aromatic nitrogens is 2. The summed E-state index contributed by atoms with van der Waals surface area (Å²) in [5.74, 6) is -0.166. The van der Waals surface area contributed by atoms with Crippen LogP contribution >= 0.6 is 15.9 Å². The lowest BCUT2D eigenvalue weighted by molar-refractivity contribution is 0.403. The summed E-state index contributed by atoms with van der Waals surface area (Å²) in [7, 11) is 1.98. The van der Waals surface area contributed by atoms with Crippen molar-refractivity contribution in [3.63, 3.8) is 0 Å². The molecule has 0 aliphatic heterocycles. The Bertz CT molecular complexity index is 653.